The molecule has 0 saturated heterocycles. The summed E-state index contributed by atoms with van der Waals surface area (Å²) in [7, 11) is 0. The minimum atomic E-state index is -0.879. The first-order valence-corrected chi connectivity index (χ1v) is 39.5. The number of benzene rings is 6. The number of rotatable bonds is 9. The lowest BCUT2D eigenvalue weighted by Gasteiger charge is -2.31. The van der Waals surface area contributed by atoms with Crippen LogP contribution >= 0.6 is 0 Å². The van der Waals surface area contributed by atoms with Crippen molar-refractivity contribution in [2.45, 2.75) is 19.3 Å². The minimum Gasteiger partial charge on any atom is -0.487 e. The SMILES string of the molecule is O=C(N/N=C/c1ccc2c(c1)OCCOCCOCCOc1ccccc1OCCOCCOCCO2)C1CC(C(=O)N/N=C/c2ccc3c(c2)OCCOCCOCCOc2ccccc2OCCOCCOCCO3)CC(C(=O)N/N=C/c2ccc3c(c2)OCCOCCOCCOc2ccccc2OCCOCCOCCO3)C1. The number of fused-ring (bicyclic) bond motifs is 6. The first kappa shape index (κ1) is 89.2. The zero-order chi connectivity index (χ0) is 80.9. The number of carbonyl (C=O) groups excluding carboxylic acids is 3. The van der Waals surface area contributed by atoms with Crippen molar-refractivity contribution in [2.24, 2.45) is 33.1 Å². The molecule has 636 valence electrons. The number of para-hydroxylation sites is 6. The van der Waals surface area contributed by atoms with E-state index in [0.29, 0.717) is 244 Å². The van der Waals surface area contributed by atoms with Gasteiger partial charge in [0.2, 0.25) is 17.7 Å². The van der Waals surface area contributed by atoms with Crippen molar-refractivity contribution >= 4 is 36.4 Å². The second-order valence-corrected chi connectivity index (χ2v) is 26.0. The monoisotopic (exact) mass is 1630 g/mol. The van der Waals surface area contributed by atoms with Crippen LogP contribution in [-0.2, 0) is 71.2 Å². The van der Waals surface area contributed by atoms with E-state index in [9.17, 15) is 14.4 Å². The maximum absolute atomic E-state index is 14.3. The van der Waals surface area contributed by atoms with E-state index >= 15 is 0 Å². The van der Waals surface area contributed by atoms with Gasteiger partial charge in [-0.15, -0.1) is 0 Å². The molecular weight excluding hydrogens is 1520 g/mol. The van der Waals surface area contributed by atoms with Crippen LogP contribution in [0.15, 0.2) is 143 Å². The van der Waals surface area contributed by atoms with Crippen LogP contribution < -0.4 is 73.1 Å². The lowest BCUT2D eigenvalue weighted by molar-refractivity contribution is -0.135. The van der Waals surface area contributed by atoms with Crippen molar-refractivity contribution < 1.29 is 128 Å². The van der Waals surface area contributed by atoms with Crippen LogP contribution in [0.5, 0.6) is 69.0 Å². The van der Waals surface area contributed by atoms with Crippen LogP contribution in [-0.4, -0.2) is 274 Å². The maximum Gasteiger partial charge on any atom is 0.243 e. The predicted molar refractivity (Wildman–Crippen MR) is 426 cm³/mol. The van der Waals surface area contributed by atoms with Gasteiger partial charge in [-0.3, -0.25) is 14.4 Å². The van der Waals surface area contributed by atoms with Crippen molar-refractivity contribution in [3.63, 3.8) is 0 Å². The quantitative estimate of drug-likeness (QED) is 0.0940. The van der Waals surface area contributed by atoms with E-state index in [4.69, 9.17) is 114 Å². The average Bonchev–Trinajstić information content (AvgIpc) is 0.815. The van der Waals surface area contributed by atoms with Crippen LogP contribution in [0, 0.1) is 17.8 Å². The van der Waals surface area contributed by atoms with E-state index in [1.807, 2.05) is 72.8 Å². The Hall–Kier alpha value is -10.1. The van der Waals surface area contributed by atoms with Gasteiger partial charge in [-0.2, -0.15) is 15.3 Å². The summed E-state index contributed by atoms with van der Waals surface area (Å²) in [6.07, 6.45) is 4.51. The smallest absolute Gasteiger partial charge is 0.243 e. The Bertz CT molecular complexity index is 3530. The fourth-order valence-corrected chi connectivity index (χ4v) is 11.8. The van der Waals surface area contributed by atoms with Crippen LogP contribution in [0.3, 0.4) is 0 Å². The van der Waals surface area contributed by atoms with E-state index < -0.39 is 35.5 Å². The Kier molecular flexibility index (Phi) is 41.7. The van der Waals surface area contributed by atoms with Gasteiger partial charge in [0, 0.05) is 17.8 Å². The minimum absolute atomic E-state index is 0.0497. The van der Waals surface area contributed by atoms with Gasteiger partial charge < -0.3 is 114 Å². The summed E-state index contributed by atoms with van der Waals surface area (Å²) in [6, 6.07) is 37.9. The maximum atomic E-state index is 14.3. The molecule has 0 unspecified atom stereocenters. The number of hydrazone groups is 3. The number of nitrogens with one attached hydrogen (secondary N) is 3. The van der Waals surface area contributed by atoms with Crippen molar-refractivity contribution in [2.75, 3.05) is 238 Å². The number of carbonyl (C=O) groups is 3. The molecule has 0 atom stereocenters. The molecule has 1 fully saturated rings. The molecule has 0 aromatic heterocycles. The predicted octanol–water partition coefficient (Wildman–Crippen LogP) is 7.36. The van der Waals surface area contributed by atoms with Gasteiger partial charge in [-0.05, 0) is 127 Å². The summed E-state index contributed by atoms with van der Waals surface area (Å²) in [5.41, 5.74) is 9.62. The van der Waals surface area contributed by atoms with Gasteiger partial charge in [0.25, 0.3) is 0 Å². The Labute approximate surface area is 681 Å². The third-order valence-corrected chi connectivity index (χ3v) is 17.5. The van der Waals surface area contributed by atoms with Gasteiger partial charge >= 0.3 is 0 Å². The Morgan fingerprint density at radius 2 is 0.368 bits per heavy atom. The molecule has 3 amide bonds. The molecule has 0 bridgehead atoms. The fraction of sp³-hybridized carbons (Fsp3) is 0.500. The van der Waals surface area contributed by atoms with E-state index in [2.05, 4.69) is 31.6 Å². The molecule has 6 aromatic carbocycles. The van der Waals surface area contributed by atoms with Gasteiger partial charge in [0.15, 0.2) is 69.0 Å². The summed E-state index contributed by atoms with van der Waals surface area (Å²) in [5.74, 6) is 1.92. The average molecular weight is 1630 g/mol. The number of hydrogen-bond acceptors (Lipinski definition) is 30. The molecule has 1 saturated carbocycles. The second-order valence-electron chi connectivity index (χ2n) is 26.0. The highest BCUT2D eigenvalue weighted by Crippen LogP contribution is 2.36. The number of hydrogen-bond donors (Lipinski definition) is 3. The molecule has 0 spiro atoms. The van der Waals surface area contributed by atoms with Crippen LogP contribution in [0.2, 0.25) is 0 Å². The number of ether oxygens (including phenoxy) is 24. The molecular formula is C84H108N6O27. The number of nitrogens with zero attached hydrogens (tertiary/aromatic N) is 3. The number of amides is 3. The molecule has 3 aliphatic heterocycles. The molecule has 3 N–H and O–H groups in total. The Morgan fingerprint density at radius 1 is 0.214 bits per heavy atom. The molecule has 6 aromatic rings. The zero-order valence-electron chi connectivity index (χ0n) is 66.0. The highest BCUT2D eigenvalue weighted by molar-refractivity contribution is 5.89. The molecule has 33 heteroatoms. The third-order valence-electron chi connectivity index (χ3n) is 17.5. The summed E-state index contributed by atoms with van der Waals surface area (Å²) in [5, 5.41) is 13.0. The Morgan fingerprint density at radius 3 is 0.547 bits per heavy atom. The van der Waals surface area contributed by atoms with E-state index in [1.54, 1.807) is 54.6 Å². The highest BCUT2D eigenvalue weighted by atomic mass is 16.6. The summed E-state index contributed by atoms with van der Waals surface area (Å²) >= 11 is 0. The third kappa shape index (κ3) is 34.5. The van der Waals surface area contributed by atoms with Crippen LogP contribution in [0.25, 0.3) is 0 Å². The standard InChI is InChI=1S/C84H108N6O27/c91-82(88-85-61-64-13-16-76-79(55-64)115-52-40-103-28-25-97-34-46-109-73-10-4-1-7-70(73)106-43-31-94-19-22-100-37-49-112-76)67-58-68(83(92)89-86-62-65-14-17-77-80(56-65)116-53-41-104-29-26-98-35-47-110-74-11-5-2-8-71(74)107-44-32-95-20-23-101-38-50-113-77)60-69(59-67)84(93)90-87-63-66-15-18-78-81(57-66)117-54-42-105-30-27-99-36-48-111-75-12-6-3-9-72(75)108-45-33-96-21-24-102-39-51-114-78/h1-18,55-57,61-63,67-69H,19-54,58-60H2,(H,88,91)(H,89,92)(H,90,93)/b85-61+,86-62+,87-63+. The van der Waals surface area contributed by atoms with Crippen molar-refractivity contribution in [1.29, 1.82) is 0 Å². The normalized spacial score (nSPS) is 20.2. The summed E-state index contributed by atoms with van der Waals surface area (Å²) < 4.78 is 141. The molecule has 1 aliphatic carbocycles. The summed E-state index contributed by atoms with van der Waals surface area (Å²) in [6.45, 7) is 10.6. The van der Waals surface area contributed by atoms with Gasteiger partial charge in [0.05, 0.1) is 177 Å². The van der Waals surface area contributed by atoms with E-state index in [1.165, 1.54) is 18.6 Å². The van der Waals surface area contributed by atoms with E-state index in [0.717, 1.165) is 0 Å². The van der Waals surface area contributed by atoms with E-state index in [-0.39, 0.29) is 98.5 Å². The lowest BCUT2D eigenvalue weighted by Crippen LogP contribution is -2.43. The first-order valence-electron chi connectivity index (χ1n) is 39.5. The molecule has 3 heterocycles. The van der Waals surface area contributed by atoms with Crippen molar-refractivity contribution in [1.82, 2.24) is 16.3 Å². The van der Waals surface area contributed by atoms with Crippen molar-refractivity contribution in [3.8, 4) is 69.0 Å². The largest absolute Gasteiger partial charge is 0.487 e. The van der Waals surface area contributed by atoms with Gasteiger partial charge in [-0.25, -0.2) is 16.3 Å². The molecule has 10 rings (SSSR count). The van der Waals surface area contributed by atoms with Gasteiger partial charge in [0.1, 0.15) is 79.3 Å². The molecule has 117 heavy (non-hydrogen) atoms. The fourth-order valence-electron chi connectivity index (χ4n) is 11.8. The topological polar surface area (TPSA) is 346 Å². The zero-order valence-corrected chi connectivity index (χ0v) is 66.0. The Balaban J connectivity index is 0.771. The second kappa shape index (κ2) is 54.7. The molecule has 0 radical (unpaired) electrons. The van der Waals surface area contributed by atoms with Crippen molar-refractivity contribution in [3.05, 3.63) is 144 Å². The molecule has 33 nitrogen and oxygen atoms in total. The van der Waals surface area contributed by atoms with Crippen LogP contribution in [0.4, 0.5) is 0 Å². The molecule has 4 aliphatic rings. The summed E-state index contributed by atoms with van der Waals surface area (Å²) in [4.78, 5) is 43.0. The lowest BCUT2D eigenvalue weighted by atomic mass is 9.74. The highest BCUT2D eigenvalue weighted by Gasteiger charge is 2.39. The first-order chi connectivity index (χ1) is 57.9. The van der Waals surface area contributed by atoms with Gasteiger partial charge in [-0.1, -0.05) is 36.4 Å². The van der Waals surface area contributed by atoms with Crippen LogP contribution in [0.1, 0.15) is 36.0 Å².